The predicted octanol–water partition coefficient (Wildman–Crippen LogP) is 2.05. The van der Waals surface area contributed by atoms with E-state index in [1.807, 2.05) is 0 Å². The minimum Gasteiger partial charge on any atom is -0.423 e. The number of hydrogen-bond acceptors (Lipinski definition) is 6. The summed E-state index contributed by atoms with van der Waals surface area (Å²) in [5.41, 5.74) is 6.87. The first kappa shape index (κ1) is 12.9. The Morgan fingerprint density at radius 1 is 1.50 bits per heavy atom. The average Bonchev–Trinajstić information content (AvgIpc) is 2.89. The van der Waals surface area contributed by atoms with Gasteiger partial charge < -0.3 is 15.1 Å². The van der Waals surface area contributed by atoms with Crippen LogP contribution in [0, 0.1) is 10.1 Å². The monoisotopic (exact) mass is 276 g/mol. The molecule has 1 aromatic carbocycles. The van der Waals surface area contributed by atoms with E-state index in [-0.39, 0.29) is 11.7 Å². The highest BCUT2D eigenvalue weighted by atomic mass is 16.6. The van der Waals surface area contributed by atoms with Crippen LogP contribution in [0.5, 0.6) is 0 Å². The van der Waals surface area contributed by atoms with Crippen molar-refractivity contribution in [2.75, 3.05) is 18.0 Å². The summed E-state index contributed by atoms with van der Waals surface area (Å²) in [6.45, 7) is 1.41. The van der Waals surface area contributed by atoms with Gasteiger partial charge in [-0.25, -0.2) is 0 Å². The molecule has 0 amide bonds. The van der Waals surface area contributed by atoms with E-state index in [1.165, 1.54) is 12.1 Å². The van der Waals surface area contributed by atoms with Crippen molar-refractivity contribution in [2.45, 2.75) is 25.3 Å². The van der Waals surface area contributed by atoms with Crippen LogP contribution in [0.15, 0.2) is 22.6 Å². The smallest absolute Gasteiger partial charge is 0.298 e. The van der Waals surface area contributed by atoms with Crippen LogP contribution in [0.1, 0.15) is 19.3 Å². The molecule has 106 valence electrons. The van der Waals surface area contributed by atoms with Gasteiger partial charge in [0.05, 0.1) is 11.0 Å². The lowest BCUT2D eigenvalue weighted by Crippen LogP contribution is -2.44. The zero-order valence-corrected chi connectivity index (χ0v) is 11.0. The molecule has 0 radical (unpaired) electrons. The Morgan fingerprint density at radius 2 is 2.35 bits per heavy atom. The first-order valence-corrected chi connectivity index (χ1v) is 6.71. The summed E-state index contributed by atoms with van der Waals surface area (Å²) in [5, 5.41) is 10.8. The molecule has 3 rings (SSSR count). The number of aromatic nitrogens is 1. The number of nitrogens with zero attached hydrogens (tertiary/aromatic N) is 3. The fourth-order valence-corrected chi connectivity index (χ4v) is 2.63. The standard InChI is InChI=1S/C13H16N4O3/c14-8-10-3-1-2-6-16(10)13-15-11-5-4-9(17(18)19)7-12(11)20-13/h4-5,7,10H,1-3,6,8,14H2. The summed E-state index contributed by atoms with van der Waals surface area (Å²) in [5.74, 6) is 0. The fourth-order valence-electron chi connectivity index (χ4n) is 2.63. The van der Waals surface area contributed by atoms with Gasteiger partial charge in [0.25, 0.3) is 11.7 Å². The topological polar surface area (TPSA) is 98.4 Å². The third-order valence-electron chi connectivity index (χ3n) is 3.72. The summed E-state index contributed by atoms with van der Waals surface area (Å²) in [7, 11) is 0. The third kappa shape index (κ3) is 2.20. The maximum Gasteiger partial charge on any atom is 0.298 e. The van der Waals surface area contributed by atoms with Crippen LogP contribution < -0.4 is 10.6 Å². The highest BCUT2D eigenvalue weighted by Crippen LogP contribution is 2.29. The van der Waals surface area contributed by atoms with E-state index in [0.29, 0.717) is 23.7 Å². The van der Waals surface area contributed by atoms with E-state index in [9.17, 15) is 10.1 Å². The molecule has 7 nitrogen and oxygen atoms in total. The molecule has 0 bridgehead atoms. The van der Waals surface area contributed by atoms with Crippen molar-refractivity contribution in [1.82, 2.24) is 4.98 Å². The van der Waals surface area contributed by atoms with Crippen LogP contribution in [-0.2, 0) is 0 Å². The minimum absolute atomic E-state index is 0.00854. The van der Waals surface area contributed by atoms with Gasteiger partial charge >= 0.3 is 0 Å². The second-order valence-corrected chi connectivity index (χ2v) is 4.98. The number of benzene rings is 1. The molecule has 1 atom stereocenters. The number of oxazole rings is 1. The first-order valence-electron chi connectivity index (χ1n) is 6.71. The number of nitro benzene ring substituents is 1. The molecule has 1 saturated heterocycles. The summed E-state index contributed by atoms with van der Waals surface area (Å²) >= 11 is 0. The molecule has 20 heavy (non-hydrogen) atoms. The van der Waals surface area contributed by atoms with Crippen LogP contribution in [0.4, 0.5) is 11.7 Å². The van der Waals surface area contributed by atoms with Gasteiger partial charge in [-0.2, -0.15) is 4.98 Å². The van der Waals surface area contributed by atoms with E-state index in [1.54, 1.807) is 6.07 Å². The Morgan fingerprint density at radius 3 is 3.10 bits per heavy atom. The number of anilines is 1. The molecular formula is C13H16N4O3. The molecule has 1 unspecified atom stereocenters. The number of hydrogen-bond donors (Lipinski definition) is 1. The Kier molecular flexibility index (Phi) is 3.27. The zero-order valence-electron chi connectivity index (χ0n) is 11.0. The molecule has 0 spiro atoms. The minimum atomic E-state index is -0.439. The van der Waals surface area contributed by atoms with Crippen molar-refractivity contribution in [3.05, 3.63) is 28.3 Å². The molecule has 2 heterocycles. The van der Waals surface area contributed by atoms with Crippen LogP contribution in [0.2, 0.25) is 0 Å². The Labute approximate surface area is 115 Å². The van der Waals surface area contributed by atoms with Gasteiger partial charge in [0.15, 0.2) is 5.58 Å². The van der Waals surface area contributed by atoms with Crippen molar-refractivity contribution < 1.29 is 9.34 Å². The van der Waals surface area contributed by atoms with Gasteiger partial charge in [-0.15, -0.1) is 0 Å². The summed E-state index contributed by atoms with van der Waals surface area (Å²) < 4.78 is 5.69. The van der Waals surface area contributed by atoms with E-state index < -0.39 is 4.92 Å². The lowest BCUT2D eigenvalue weighted by molar-refractivity contribution is -0.384. The molecule has 0 saturated carbocycles. The van der Waals surface area contributed by atoms with Crippen molar-refractivity contribution in [1.29, 1.82) is 0 Å². The van der Waals surface area contributed by atoms with Gasteiger partial charge in [0.1, 0.15) is 5.52 Å². The molecule has 2 N–H and O–H groups in total. The second-order valence-electron chi connectivity index (χ2n) is 4.98. The fraction of sp³-hybridized carbons (Fsp3) is 0.462. The van der Waals surface area contributed by atoms with Crippen molar-refractivity contribution in [3.63, 3.8) is 0 Å². The van der Waals surface area contributed by atoms with E-state index in [4.69, 9.17) is 10.2 Å². The summed E-state index contributed by atoms with van der Waals surface area (Å²) in [4.78, 5) is 16.8. The van der Waals surface area contributed by atoms with E-state index in [2.05, 4.69) is 9.88 Å². The maximum atomic E-state index is 10.8. The van der Waals surface area contributed by atoms with E-state index >= 15 is 0 Å². The molecule has 1 aliphatic rings. The van der Waals surface area contributed by atoms with Gasteiger partial charge in [-0.1, -0.05) is 0 Å². The molecule has 2 aromatic rings. The Balaban J connectivity index is 1.97. The highest BCUT2D eigenvalue weighted by molar-refractivity contribution is 5.77. The molecular weight excluding hydrogens is 260 g/mol. The number of nitro groups is 1. The second kappa shape index (κ2) is 5.09. The largest absolute Gasteiger partial charge is 0.423 e. The molecule has 1 fully saturated rings. The molecule has 7 heteroatoms. The van der Waals surface area contributed by atoms with Gasteiger partial charge in [0.2, 0.25) is 0 Å². The average molecular weight is 276 g/mol. The summed E-state index contributed by atoms with van der Waals surface area (Å²) in [6.07, 6.45) is 3.26. The normalized spacial score (nSPS) is 19.4. The summed E-state index contributed by atoms with van der Waals surface area (Å²) in [6, 6.07) is 5.20. The lowest BCUT2D eigenvalue weighted by atomic mass is 10.0. The number of piperidine rings is 1. The zero-order chi connectivity index (χ0) is 14.1. The molecule has 1 aliphatic heterocycles. The SMILES string of the molecule is NCC1CCCCN1c1nc2ccc([N+](=O)[O-])cc2o1. The molecule has 0 aliphatic carbocycles. The van der Waals surface area contributed by atoms with Crippen LogP contribution in [0.25, 0.3) is 11.1 Å². The van der Waals surface area contributed by atoms with E-state index in [0.717, 1.165) is 25.8 Å². The van der Waals surface area contributed by atoms with Crippen molar-refractivity contribution in [2.24, 2.45) is 5.73 Å². The van der Waals surface area contributed by atoms with Crippen LogP contribution >= 0.6 is 0 Å². The number of fused-ring (bicyclic) bond motifs is 1. The lowest BCUT2D eigenvalue weighted by Gasteiger charge is -2.33. The quantitative estimate of drug-likeness (QED) is 0.680. The number of nitrogens with two attached hydrogens (primary N) is 1. The number of non-ortho nitro benzene ring substituents is 1. The van der Waals surface area contributed by atoms with Gasteiger partial charge in [-0.3, -0.25) is 10.1 Å². The maximum absolute atomic E-state index is 10.8. The van der Waals surface area contributed by atoms with Crippen LogP contribution in [0.3, 0.4) is 0 Å². The Bertz CT molecular complexity index is 640. The Hall–Kier alpha value is -2.15. The predicted molar refractivity (Wildman–Crippen MR) is 74.7 cm³/mol. The van der Waals surface area contributed by atoms with Crippen LogP contribution in [-0.4, -0.2) is 29.0 Å². The van der Waals surface area contributed by atoms with Gasteiger partial charge in [0, 0.05) is 25.2 Å². The van der Waals surface area contributed by atoms with Crippen molar-refractivity contribution in [3.8, 4) is 0 Å². The first-order chi connectivity index (χ1) is 9.69. The highest BCUT2D eigenvalue weighted by Gasteiger charge is 2.25. The molecule has 1 aromatic heterocycles. The van der Waals surface area contributed by atoms with Crippen molar-refractivity contribution >= 4 is 22.8 Å². The third-order valence-corrected chi connectivity index (χ3v) is 3.72. The number of rotatable bonds is 3. The van der Waals surface area contributed by atoms with Gasteiger partial charge in [-0.05, 0) is 25.3 Å².